The van der Waals surface area contributed by atoms with Crippen molar-refractivity contribution in [2.45, 2.75) is 38.5 Å². The normalized spacial score (nSPS) is 13.6. The molecule has 0 radical (unpaired) electrons. The third kappa shape index (κ3) is 5.23. The molecule has 11 aromatic rings. The van der Waals surface area contributed by atoms with Gasteiger partial charge in [-0.05, 0) is 93.0 Å². The van der Waals surface area contributed by atoms with Gasteiger partial charge >= 0.3 is 0 Å². The lowest BCUT2D eigenvalue weighted by Gasteiger charge is -2.27. The van der Waals surface area contributed by atoms with E-state index in [4.69, 9.17) is 0 Å². The maximum absolute atomic E-state index is 11.7. The average Bonchev–Trinajstić information content (AvgIpc) is 4.04. The van der Waals surface area contributed by atoms with Gasteiger partial charge < -0.3 is 9.13 Å². The van der Waals surface area contributed by atoms with Crippen LogP contribution in [0.5, 0.6) is 0 Å². The van der Waals surface area contributed by atoms with Crippen molar-refractivity contribution >= 4 is 43.6 Å². The van der Waals surface area contributed by atoms with E-state index in [0.29, 0.717) is 44.8 Å². The molecular weight excluding hydrogens is 853 g/mol. The first-order valence-corrected chi connectivity index (χ1v) is 23.5. The number of hydrogen-bond acceptors (Lipinski definition) is 4. The molecule has 2 aromatic heterocycles. The predicted molar refractivity (Wildman–Crippen MR) is 280 cm³/mol. The Bertz CT molecular complexity index is 4070. The van der Waals surface area contributed by atoms with Crippen LogP contribution in [0.2, 0.25) is 0 Å². The SMILES string of the molecule is CC1(C)c2ccccc2-c2cc3c4ccccc4n(-c4c(-c5ccccc5C#N)c(C#N)c(C#N)c(-c5ccccc5C#N)c4-n4c5ccccc5c5cc6c(cc54)C(C)(C)c4ccccc4-6)c3cc21. The Morgan fingerprint density at radius 2 is 0.686 bits per heavy atom. The fourth-order valence-corrected chi connectivity index (χ4v) is 12.3. The summed E-state index contributed by atoms with van der Waals surface area (Å²) in [6.07, 6.45) is 0. The minimum atomic E-state index is -0.350. The van der Waals surface area contributed by atoms with E-state index in [1.165, 1.54) is 44.5 Å². The summed E-state index contributed by atoms with van der Waals surface area (Å²) < 4.78 is 4.55. The molecule has 0 N–H and O–H groups in total. The Morgan fingerprint density at radius 3 is 1.09 bits per heavy atom. The third-order valence-electron chi connectivity index (χ3n) is 15.5. The van der Waals surface area contributed by atoms with Gasteiger partial charge in [0, 0.05) is 54.6 Å². The van der Waals surface area contributed by atoms with Crippen LogP contribution in [-0.4, -0.2) is 9.13 Å². The lowest BCUT2D eigenvalue weighted by atomic mass is 9.82. The van der Waals surface area contributed by atoms with E-state index in [1.54, 1.807) is 12.1 Å². The maximum Gasteiger partial charge on any atom is 0.101 e. The highest BCUT2D eigenvalue weighted by Gasteiger charge is 2.40. The molecule has 326 valence electrons. The number of para-hydroxylation sites is 2. The van der Waals surface area contributed by atoms with E-state index in [0.717, 1.165) is 43.6 Å². The highest BCUT2D eigenvalue weighted by molar-refractivity contribution is 6.16. The number of hydrogen-bond donors (Lipinski definition) is 0. The first kappa shape index (κ1) is 40.8. The van der Waals surface area contributed by atoms with Gasteiger partial charge in [0.15, 0.2) is 0 Å². The molecule has 70 heavy (non-hydrogen) atoms. The summed E-state index contributed by atoms with van der Waals surface area (Å²) >= 11 is 0. The Hall–Kier alpha value is -9.46. The maximum atomic E-state index is 11.7. The Morgan fingerprint density at radius 1 is 0.329 bits per heavy atom. The van der Waals surface area contributed by atoms with Gasteiger partial charge in [-0.3, -0.25) is 0 Å². The number of nitrogens with zero attached hydrogens (tertiary/aromatic N) is 6. The minimum Gasteiger partial charge on any atom is -0.306 e. The molecule has 2 aliphatic rings. The highest BCUT2D eigenvalue weighted by Crippen LogP contribution is 2.55. The van der Waals surface area contributed by atoms with Crippen molar-refractivity contribution in [3.05, 3.63) is 214 Å². The molecule has 2 heterocycles. The summed E-state index contributed by atoms with van der Waals surface area (Å²) in [5, 5.41) is 49.5. The van der Waals surface area contributed by atoms with Crippen LogP contribution in [0.25, 0.3) is 99.5 Å². The van der Waals surface area contributed by atoms with E-state index in [1.807, 2.05) is 48.5 Å². The van der Waals surface area contributed by atoms with Crippen LogP contribution in [0.1, 0.15) is 72.2 Å². The van der Waals surface area contributed by atoms with Crippen molar-refractivity contribution < 1.29 is 0 Å². The number of aromatic nitrogens is 2. The molecular formula is C64H40N6. The molecule has 6 heteroatoms. The molecule has 0 atom stereocenters. The first-order chi connectivity index (χ1) is 34.1. The summed E-state index contributed by atoms with van der Waals surface area (Å²) in [4.78, 5) is 0. The average molecular weight is 893 g/mol. The fraction of sp³-hybridized carbons (Fsp3) is 0.0938. The number of benzene rings is 9. The Labute approximate surface area is 405 Å². The summed E-state index contributed by atoms with van der Waals surface area (Å²) in [6.45, 7) is 9.11. The zero-order chi connectivity index (χ0) is 47.8. The lowest BCUT2D eigenvalue weighted by Crippen LogP contribution is -2.16. The fourth-order valence-electron chi connectivity index (χ4n) is 12.3. The predicted octanol–water partition coefficient (Wildman–Crippen LogP) is 15.3. The second-order valence-corrected chi connectivity index (χ2v) is 19.6. The van der Waals surface area contributed by atoms with Gasteiger partial charge in [0.1, 0.15) is 12.1 Å². The summed E-state index contributed by atoms with van der Waals surface area (Å²) in [7, 11) is 0. The summed E-state index contributed by atoms with van der Waals surface area (Å²) in [5.74, 6) is 0. The van der Waals surface area contributed by atoms with Crippen LogP contribution < -0.4 is 0 Å². The molecule has 0 unspecified atom stereocenters. The van der Waals surface area contributed by atoms with Crippen molar-refractivity contribution in [2.24, 2.45) is 0 Å². The minimum absolute atomic E-state index is 0.116. The van der Waals surface area contributed by atoms with Crippen LogP contribution in [0.3, 0.4) is 0 Å². The third-order valence-corrected chi connectivity index (χ3v) is 15.5. The van der Waals surface area contributed by atoms with Gasteiger partial charge in [-0.25, -0.2) is 0 Å². The molecule has 13 rings (SSSR count). The molecule has 0 saturated carbocycles. The van der Waals surface area contributed by atoms with Crippen molar-refractivity contribution in [1.82, 2.24) is 9.13 Å². The molecule has 0 spiro atoms. The highest BCUT2D eigenvalue weighted by atomic mass is 15.1. The van der Waals surface area contributed by atoms with E-state index < -0.39 is 0 Å². The molecule has 0 saturated heterocycles. The van der Waals surface area contributed by atoms with Crippen LogP contribution in [0, 0.1) is 45.3 Å². The van der Waals surface area contributed by atoms with Crippen molar-refractivity contribution in [2.75, 3.05) is 0 Å². The second kappa shape index (κ2) is 14.5. The van der Waals surface area contributed by atoms with Crippen LogP contribution in [0.15, 0.2) is 170 Å². The van der Waals surface area contributed by atoms with Crippen LogP contribution >= 0.6 is 0 Å². The smallest absolute Gasteiger partial charge is 0.101 e. The molecule has 6 nitrogen and oxygen atoms in total. The van der Waals surface area contributed by atoms with Crippen molar-refractivity contribution in [3.8, 4) is 80.2 Å². The standard InChI is InChI=1S/C64H40N6/c1-63(2)51-25-13-9-21-41(51)45-29-47-43-23-11-15-27-55(43)69(57(47)31-53(45)63)61-59(39-19-7-5-17-37(39)33-65)49(35-67)50(36-68)60(40-20-8-6-18-38(40)34-66)62(61)70-56-28-16-12-24-44(56)48-30-46-42-22-10-14-26-52(42)64(3,4)54(46)32-58(48)70/h5-32H,1-4H3. The van der Waals surface area contributed by atoms with E-state index >= 15 is 0 Å². The van der Waals surface area contributed by atoms with Gasteiger partial charge in [0.05, 0.1) is 67.8 Å². The van der Waals surface area contributed by atoms with Gasteiger partial charge in [0.25, 0.3) is 0 Å². The van der Waals surface area contributed by atoms with Crippen molar-refractivity contribution in [3.63, 3.8) is 0 Å². The topological polar surface area (TPSA) is 105 Å². The number of nitriles is 4. The van der Waals surface area contributed by atoms with E-state index in [-0.39, 0.29) is 22.0 Å². The molecule has 2 aliphatic carbocycles. The summed E-state index contributed by atoms with van der Waals surface area (Å²) in [6, 6.07) is 68.0. The largest absolute Gasteiger partial charge is 0.306 e. The zero-order valence-corrected chi connectivity index (χ0v) is 38.8. The van der Waals surface area contributed by atoms with Crippen molar-refractivity contribution in [1.29, 1.82) is 21.0 Å². The van der Waals surface area contributed by atoms with Gasteiger partial charge in [-0.1, -0.05) is 149 Å². The number of fused-ring (bicyclic) bond motifs is 12. The zero-order valence-electron chi connectivity index (χ0n) is 38.8. The second-order valence-electron chi connectivity index (χ2n) is 19.6. The van der Waals surface area contributed by atoms with E-state index in [9.17, 15) is 21.0 Å². The molecule has 0 aliphatic heterocycles. The number of rotatable bonds is 4. The Kier molecular flexibility index (Phi) is 8.46. The quantitative estimate of drug-likeness (QED) is 0.175. The van der Waals surface area contributed by atoms with Gasteiger partial charge in [0.2, 0.25) is 0 Å². The van der Waals surface area contributed by atoms with Crippen LogP contribution in [0.4, 0.5) is 0 Å². The lowest BCUT2D eigenvalue weighted by molar-refractivity contribution is 0.660. The van der Waals surface area contributed by atoms with Crippen LogP contribution in [-0.2, 0) is 10.8 Å². The first-order valence-electron chi connectivity index (χ1n) is 23.5. The Balaban J connectivity index is 1.33. The van der Waals surface area contributed by atoms with E-state index in [2.05, 4.69) is 170 Å². The van der Waals surface area contributed by atoms with Gasteiger partial charge in [-0.15, -0.1) is 0 Å². The molecule has 9 aromatic carbocycles. The molecule has 0 fully saturated rings. The van der Waals surface area contributed by atoms with Gasteiger partial charge in [-0.2, -0.15) is 21.0 Å². The molecule has 0 amide bonds. The molecule has 0 bridgehead atoms. The monoisotopic (exact) mass is 892 g/mol. The summed E-state index contributed by atoms with van der Waals surface area (Å²) in [5.41, 5.74) is 16.6.